The van der Waals surface area contributed by atoms with Crippen LogP contribution in [0.1, 0.15) is 5.56 Å². The summed E-state index contributed by atoms with van der Waals surface area (Å²) in [7, 11) is 0. The van der Waals surface area contributed by atoms with Crippen molar-refractivity contribution in [1.82, 2.24) is 0 Å². The monoisotopic (exact) mass is 136 g/mol. The predicted octanol–water partition coefficient (Wildman–Crippen LogP) is 1.06. The summed E-state index contributed by atoms with van der Waals surface area (Å²) in [6, 6.07) is 7.00. The van der Waals surface area contributed by atoms with Gasteiger partial charge < -0.3 is 10.8 Å². The summed E-state index contributed by atoms with van der Waals surface area (Å²) in [5.74, 6) is 0.292. The van der Waals surface area contributed by atoms with Crippen molar-refractivity contribution in [2.75, 3.05) is 0 Å². The number of hydrogen-bond donors (Lipinski definition) is 2. The van der Waals surface area contributed by atoms with Crippen molar-refractivity contribution in [3.8, 4) is 5.75 Å². The predicted molar refractivity (Wildman–Crippen MR) is 40.3 cm³/mol. The molecule has 1 aromatic carbocycles. The van der Waals surface area contributed by atoms with E-state index in [-0.39, 0.29) is 0 Å². The number of nitrogens with two attached hydrogens (primary N) is 1. The van der Waals surface area contributed by atoms with E-state index in [4.69, 9.17) is 10.8 Å². The Bertz CT molecular complexity index is 193. The van der Waals surface area contributed by atoms with Crippen LogP contribution in [0.3, 0.4) is 0 Å². The van der Waals surface area contributed by atoms with Gasteiger partial charge in [0.15, 0.2) is 0 Å². The number of rotatable bonds is 2. The molecule has 1 radical (unpaired) electrons. The van der Waals surface area contributed by atoms with E-state index >= 15 is 0 Å². The van der Waals surface area contributed by atoms with Crippen molar-refractivity contribution in [3.63, 3.8) is 0 Å². The molecule has 53 valence electrons. The quantitative estimate of drug-likeness (QED) is 0.638. The molecule has 0 amide bonds. The summed E-state index contributed by atoms with van der Waals surface area (Å²) in [4.78, 5) is 0. The molecule has 3 N–H and O–H groups in total. The molecule has 0 heterocycles. The molecule has 0 unspecified atom stereocenters. The van der Waals surface area contributed by atoms with Gasteiger partial charge >= 0.3 is 0 Å². The number of hydrogen-bond acceptors (Lipinski definition) is 2. The van der Waals surface area contributed by atoms with E-state index in [0.717, 1.165) is 12.0 Å². The van der Waals surface area contributed by atoms with E-state index in [9.17, 15) is 0 Å². The van der Waals surface area contributed by atoms with E-state index < -0.39 is 0 Å². The minimum atomic E-state index is 0.292. The SMILES string of the molecule is N[CH]Cc1ccc(O)cc1. The van der Waals surface area contributed by atoms with Crippen LogP contribution in [-0.4, -0.2) is 5.11 Å². The molecule has 0 saturated heterocycles. The van der Waals surface area contributed by atoms with Gasteiger partial charge in [-0.1, -0.05) is 12.1 Å². The first-order valence-corrected chi connectivity index (χ1v) is 3.14. The standard InChI is InChI=1S/C8H10NO/c9-6-5-7-1-3-8(10)4-2-7/h1-4,6,10H,5,9H2. The number of phenols is 1. The van der Waals surface area contributed by atoms with Gasteiger partial charge in [-0.3, -0.25) is 0 Å². The number of phenolic OH excluding ortho intramolecular Hbond substituents is 1. The van der Waals surface area contributed by atoms with Gasteiger partial charge in [-0.2, -0.15) is 0 Å². The molecule has 0 bridgehead atoms. The molecule has 0 spiro atoms. The average Bonchev–Trinajstić information content (AvgIpc) is 1.95. The van der Waals surface area contributed by atoms with Gasteiger partial charge in [-0.05, 0) is 24.1 Å². The van der Waals surface area contributed by atoms with Gasteiger partial charge in [0, 0.05) is 6.54 Å². The molecular formula is C8H10NO. The third-order valence-corrected chi connectivity index (χ3v) is 1.29. The summed E-state index contributed by atoms with van der Waals surface area (Å²) in [6.45, 7) is 1.59. The molecule has 10 heavy (non-hydrogen) atoms. The van der Waals surface area contributed by atoms with Gasteiger partial charge in [0.05, 0.1) is 0 Å². The Kier molecular flexibility index (Phi) is 2.29. The molecule has 0 aromatic heterocycles. The third-order valence-electron chi connectivity index (χ3n) is 1.29. The minimum Gasteiger partial charge on any atom is -0.508 e. The molecule has 0 aliphatic rings. The van der Waals surface area contributed by atoms with Gasteiger partial charge in [-0.15, -0.1) is 0 Å². The Morgan fingerprint density at radius 2 is 1.90 bits per heavy atom. The first-order chi connectivity index (χ1) is 4.83. The highest BCUT2D eigenvalue weighted by Crippen LogP contribution is 2.09. The summed E-state index contributed by atoms with van der Waals surface area (Å²) in [5.41, 5.74) is 6.32. The zero-order chi connectivity index (χ0) is 7.40. The van der Waals surface area contributed by atoms with Crippen molar-refractivity contribution in [1.29, 1.82) is 0 Å². The van der Waals surface area contributed by atoms with Crippen LogP contribution >= 0.6 is 0 Å². The normalized spacial score (nSPS) is 9.70. The van der Waals surface area contributed by atoms with E-state index in [0.29, 0.717) is 5.75 Å². The van der Waals surface area contributed by atoms with Gasteiger partial charge in [0.2, 0.25) is 0 Å². The largest absolute Gasteiger partial charge is 0.508 e. The molecule has 0 aliphatic carbocycles. The second kappa shape index (κ2) is 3.22. The minimum absolute atomic E-state index is 0.292. The smallest absolute Gasteiger partial charge is 0.115 e. The Hall–Kier alpha value is -1.02. The zero-order valence-electron chi connectivity index (χ0n) is 5.62. The third kappa shape index (κ3) is 1.74. The van der Waals surface area contributed by atoms with Crippen molar-refractivity contribution >= 4 is 0 Å². The topological polar surface area (TPSA) is 46.2 Å². The Labute approximate surface area is 60.3 Å². The molecule has 1 rings (SSSR count). The Morgan fingerprint density at radius 1 is 1.30 bits per heavy atom. The molecule has 2 heteroatoms. The Morgan fingerprint density at radius 3 is 2.40 bits per heavy atom. The van der Waals surface area contributed by atoms with Crippen molar-refractivity contribution in [3.05, 3.63) is 36.4 Å². The van der Waals surface area contributed by atoms with Crippen LogP contribution in [0.4, 0.5) is 0 Å². The number of aromatic hydroxyl groups is 1. The van der Waals surface area contributed by atoms with Crippen LogP contribution in [-0.2, 0) is 6.42 Å². The average molecular weight is 136 g/mol. The van der Waals surface area contributed by atoms with Crippen LogP contribution in [0, 0.1) is 6.54 Å². The molecule has 2 nitrogen and oxygen atoms in total. The zero-order valence-corrected chi connectivity index (χ0v) is 5.62. The van der Waals surface area contributed by atoms with Crippen LogP contribution in [0.15, 0.2) is 24.3 Å². The lowest BCUT2D eigenvalue weighted by Gasteiger charge is -1.96. The van der Waals surface area contributed by atoms with Crippen LogP contribution < -0.4 is 5.73 Å². The summed E-state index contributed by atoms with van der Waals surface area (Å²) in [5, 5.41) is 8.88. The lowest BCUT2D eigenvalue weighted by molar-refractivity contribution is 0.475. The molecule has 0 fully saturated rings. The first kappa shape index (κ1) is 7.09. The fraction of sp³-hybridized carbons (Fsp3) is 0.125. The molecule has 0 aliphatic heterocycles. The highest BCUT2D eigenvalue weighted by Gasteiger charge is 1.89. The highest BCUT2D eigenvalue weighted by atomic mass is 16.3. The van der Waals surface area contributed by atoms with Gasteiger partial charge in [0.1, 0.15) is 5.75 Å². The summed E-state index contributed by atoms with van der Waals surface area (Å²) >= 11 is 0. The maximum Gasteiger partial charge on any atom is 0.115 e. The lowest BCUT2D eigenvalue weighted by Crippen LogP contribution is -1.93. The van der Waals surface area contributed by atoms with Crippen molar-refractivity contribution in [2.45, 2.75) is 6.42 Å². The summed E-state index contributed by atoms with van der Waals surface area (Å²) < 4.78 is 0. The van der Waals surface area contributed by atoms with Crippen LogP contribution in [0.2, 0.25) is 0 Å². The molecular weight excluding hydrogens is 126 g/mol. The fourth-order valence-corrected chi connectivity index (χ4v) is 0.768. The Balaban J connectivity index is 2.69. The molecule has 1 aromatic rings. The second-order valence-electron chi connectivity index (χ2n) is 2.11. The van der Waals surface area contributed by atoms with Crippen LogP contribution in [0.5, 0.6) is 5.75 Å². The van der Waals surface area contributed by atoms with E-state index in [1.54, 1.807) is 18.7 Å². The number of benzene rings is 1. The van der Waals surface area contributed by atoms with Gasteiger partial charge in [-0.25, -0.2) is 0 Å². The maximum atomic E-state index is 8.88. The first-order valence-electron chi connectivity index (χ1n) is 3.14. The second-order valence-corrected chi connectivity index (χ2v) is 2.11. The van der Waals surface area contributed by atoms with E-state index in [1.807, 2.05) is 12.1 Å². The molecule has 0 atom stereocenters. The fourth-order valence-electron chi connectivity index (χ4n) is 0.768. The van der Waals surface area contributed by atoms with Crippen molar-refractivity contribution in [2.24, 2.45) is 5.73 Å². The van der Waals surface area contributed by atoms with E-state index in [1.165, 1.54) is 0 Å². The highest BCUT2D eigenvalue weighted by molar-refractivity contribution is 5.26. The summed E-state index contributed by atoms with van der Waals surface area (Å²) in [6.07, 6.45) is 0.750. The lowest BCUT2D eigenvalue weighted by atomic mass is 10.1. The van der Waals surface area contributed by atoms with E-state index in [2.05, 4.69) is 0 Å². The van der Waals surface area contributed by atoms with Crippen molar-refractivity contribution < 1.29 is 5.11 Å². The van der Waals surface area contributed by atoms with Gasteiger partial charge in [0.25, 0.3) is 0 Å². The van der Waals surface area contributed by atoms with Crippen LogP contribution in [0.25, 0.3) is 0 Å². The molecule has 0 saturated carbocycles. The maximum absolute atomic E-state index is 8.88.